The van der Waals surface area contributed by atoms with Crippen LogP contribution in [0.3, 0.4) is 0 Å². The number of ether oxygens (including phenoxy) is 1. The van der Waals surface area contributed by atoms with E-state index in [0.29, 0.717) is 0 Å². The van der Waals surface area contributed by atoms with Crippen LogP contribution in [-0.2, 0) is 4.74 Å². The third-order valence-electron chi connectivity index (χ3n) is 2.39. The predicted octanol–water partition coefficient (Wildman–Crippen LogP) is 0.317. The molecule has 1 heterocycles. The quantitative estimate of drug-likeness (QED) is 0.584. The molecule has 1 rings (SSSR count). The van der Waals surface area contributed by atoms with E-state index in [9.17, 15) is 0 Å². The van der Waals surface area contributed by atoms with Crippen molar-refractivity contribution in [3.8, 4) is 0 Å². The minimum atomic E-state index is 0.770. The van der Waals surface area contributed by atoms with Gasteiger partial charge >= 0.3 is 0 Å². The molecule has 0 atom stereocenters. The van der Waals surface area contributed by atoms with Crippen molar-refractivity contribution in [3.05, 3.63) is 0 Å². The van der Waals surface area contributed by atoms with Gasteiger partial charge in [-0.1, -0.05) is 0 Å². The Balaban J connectivity index is 1.91. The molecule has 1 N–H and O–H groups in total. The van der Waals surface area contributed by atoms with Gasteiger partial charge in [0, 0.05) is 38.9 Å². The first-order chi connectivity index (χ1) is 5.84. The largest absolute Gasteiger partial charge is 0.382 e. The molecule has 1 saturated heterocycles. The van der Waals surface area contributed by atoms with Crippen LogP contribution in [0, 0.1) is 0 Å². The van der Waals surface area contributed by atoms with Gasteiger partial charge in [-0.15, -0.1) is 0 Å². The minimum absolute atomic E-state index is 0.770. The van der Waals surface area contributed by atoms with Crippen molar-refractivity contribution in [1.82, 2.24) is 10.2 Å². The summed E-state index contributed by atoms with van der Waals surface area (Å²) in [6.45, 7) is 7.26. The summed E-state index contributed by atoms with van der Waals surface area (Å²) in [5.74, 6) is 0. The second-order valence-corrected chi connectivity index (χ2v) is 3.34. The molecule has 1 fully saturated rings. The fourth-order valence-corrected chi connectivity index (χ4v) is 1.33. The van der Waals surface area contributed by atoms with E-state index in [1.54, 1.807) is 0 Å². The van der Waals surface area contributed by atoms with Crippen LogP contribution in [0.1, 0.15) is 13.3 Å². The fourth-order valence-electron chi connectivity index (χ4n) is 1.33. The third-order valence-corrected chi connectivity index (χ3v) is 2.39. The van der Waals surface area contributed by atoms with E-state index in [1.807, 2.05) is 6.92 Å². The van der Waals surface area contributed by atoms with Gasteiger partial charge in [0.2, 0.25) is 0 Å². The van der Waals surface area contributed by atoms with Crippen LogP contribution >= 0.6 is 0 Å². The maximum Gasteiger partial charge on any atom is 0.0478 e. The van der Waals surface area contributed by atoms with E-state index >= 15 is 0 Å². The molecular formula is C9H20N2O. The predicted molar refractivity (Wildman–Crippen MR) is 50.4 cm³/mol. The monoisotopic (exact) mass is 172 g/mol. The Bertz CT molecular complexity index is 115. The lowest BCUT2D eigenvalue weighted by atomic mass is 10.1. The molecule has 0 bridgehead atoms. The van der Waals surface area contributed by atoms with Gasteiger partial charge in [-0.2, -0.15) is 0 Å². The molecule has 0 aromatic heterocycles. The number of hydrogen-bond acceptors (Lipinski definition) is 3. The molecule has 0 amide bonds. The molecule has 0 aromatic carbocycles. The minimum Gasteiger partial charge on any atom is -0.382 e. The van der Waals surface area contributed by atoms with Crippen molar-refractivity contribution in [2.24, 2.45) is 0 Å². The van der Waals surface area contributed by atoms with Crippen molar-refractivity contribution in [2.45, 2.75) is 19.4 Å². The summed E-state index contributed by atoms with van der Waals surface area (Å²) in [6.07, 6.45) is 1.15. The van der Waals surface area contributed by atoms with Gasteiger partial charge in [0.15, 0.2) is 0 Å². The maximum atomic E-state index is 5.27. The normalized spacial score (nSPS) is 18.2. The van der Waals surface area contributed by atoms with Crippen LogP contribution in [-0.4, -0.2) is 50.8 Å². The van der Waals surface area contributed by atoms with E-state index < -0.39 is 0 Å². The fraction of sp³-hybridized carbons (Fsp3) is 1.00. The lowest BCUT2D eigenvalue weighted by Crippen LogP contribution is -2.56. The van der Waals surface area contributed by atoms with Crippen molar-refractivity contribution in [2.75, 3.05) is 39.9 Å². The van der Waals surface area contributed by atoms with Gasteiger partial charge < -0.3 is 15.0 Å². The average molecular weight is 172 g/mol. The molecule has 0 aromatic rings. The number of nitrogens with zero attached hydrogens (tertiary/aromatic N) is 1. The zero-order valence-corrected chi connectivity index (χ0v) is 8.18. The lowest BCUT2D eigenvalue weighted by Gasteiger charge is -2.35. The highest BCUT2D eigenvalue weighted by molar-refractivity contribution is 4.82. The van der Waals surface area contributed by atoms with Gasteiger partial charge in [-0.3, -0.25) is 0 Å². The highest BCUT2D eigenvalue weighted by Gasteiger charge is 2.20. The van der Waals surface area contributed by atoms with E-state index in [4.69, 9.17) is 4.74 Å². The molecule has 0 saturated carbocycles. The molecule has 12 heavy (non-hydrogen) atoms. The molecule has 72 valence electrons. The maximum absolute atomic E-state index is 5.27. The summed E-state index contributed by atoms with van der Waals surface area (Å²) in [7, 11) is 2.19. The standard InChI is InChI=1S/C9H20N2O/c1-3-12-6-4-5-11(2)9-7-10-8-9/h9-10H,3-8H2,1-2H3. The van der Waals surface area contributed by atoms with Crippen molar-refractivity contribution >= 4 is 0 Å². The highest BCUT2D eigenvalue weighted by Crippen LogP contribution is 2.02. The Hall–Kier alpha value is -0.120. The van der Waals surface area contributed by atoms with Gasteiger partial charge in [-0.05, 0) is 20.4 Å². The Morgan fingerprint density at radius 1 is 1.50 bits per heavy atom. The van der Waals surface area contributed by atoms with Crippen molar-refractivity contribution in [3.63, 3.8) is 0 Å². The van der Waals surface area contributed by atoms with Gasteiger partial charge in [-0.25, -0.2) is 0 Å². The molecule has 3 heteroatoms. The Kier molecular flexibility index (Phi) is 4.58. The average Bonchev–Trinajstić information content (AvgIpc) is 1.95. The number of likely N-dealkylation sites (N-methyl/N-ethyl adjacent to an activating group) is 1. The molecule has 0 radical (unpaired) electrons. The van der Waals surface area contributed by atoms with E-state index in [2.05, 4.69) is 17.3 Å². The number of nitrogens with one attached hydrogen (secondary N) is 1. The van der Waals surface area contributed by atoms with Gasteiger partial charge in [0.05, 0.1) is 0 Å². The molecule has 0 aliphatic carbocycles. The summed E-state index contributed by atoms with van der Waals surface area (Å²) in [6, 6.07) is 0.770. The summed E-state index contributed by atoms with van der Waals surface area (Å²) >= 11 is 0. The summed E-state index contributed by atoms with van der Waals surface area (Å²) in [4.78, 5) is 2.41. The Labute approximate surface area is 75.1 Å². The zero-order chi connectivity index (χ0) is 8.81. The third kappa shape index (κ3) is 3.09. The summed E-state index contributed by atoms with van der Waals surface area (Å²) in [5.41, 5.74) is 0. The second-order valence-electron chi connectivity index (χ2n) is 3.34. The van der Waals surface area contributed by atoms with E-state index in [-0.39, 0.29) is 0 Å². The van der Waals surface area contributed by atoms with Crippen molar-refractivity contribution in [1.29, 1.82) is 0 Å². The first-order valence-electron chi connectivity index (χ1n) is 4.83. The molecule has 0 spiro atoms. The van der Waals surface area contributed by atoms with E-state index in [1.165, 1.54) is 0 Å². The zero-order valence-electron chi connectivity index (χ0n) is 8.18. The van der Waals surface area contributed by atoms with Crippen LogP contribution in [0.5, 0.6) is 0 Å². The smallest absolute Gasteiger partial charge is 0.0478 e. The summed E-state index contributed by atoms with van der Waals surface area (Å²) in [5, 5.41) is 3.27. The SMILES string of the molecule is CCOCCCN(C)C1CNC1. The molecule has 0 unspecified atom stereocenters. The first-order valence-corrected chi connectivity index (χ1v) is 4.83. The number of hydrogen-bond donors (Lipinski definition) is 1. The van der Waals surface area contributed by atoms with Crippen molar-refractivity contribution < 1.29 is 4.74 Å². The summed E-state index contributed by atoms with van der Waals surface area (Å²) < 4.78 is 5.27. The first kappa shape index (κ1) is 9.96. The second kappa shape index (κ2) is 5.51. The van der Waals surface area contributed by atoms with Crippen LogP contribution in [0.15, 0.2) is 0 Å². The van der Waals surface area contributed by atoms with E-state index in [0.717, 1.165) is 45.3 Å². The molecular weight excluding hydrogens is 152 g/mol. The van der Waals surface area contributed by atoms with Crippen LogP contribution in [0.2, 0.25) is 0 Å². The highest BCUT2D eigenvalue weighted by atomic mass is 16.5. The molecule has 1 aliphatic rings. The lowest BCUT2D eigenvalue weighted by molar-refractivity contribution is 0.119. The van der Waals surface area contributed by atoms with Crippen LogP contribution in [0.25, 0.3) is 0 Å². The molecule has 3 nitrogen and oxygen atoms in total. The van der Waals surface area contributed by atoms with Crippen LogP contribution in [0.4, 0.5) is 0 Å². The Morgan fingerprint density at radius 2 is 2.25 bits per heavy atom. The van der Waals surface area contributed by atoms with Crippen LogP contribution < -0.4 is 5.32 Å². The molecule has 1 aliphatic heterocycles. The topological polar surface area (TPSA) is 24.5 Å². The Morgan fingerprint density at radius 3 is 2.75 bits per heavy atom. The number of rotatable bonds is 6. The van der Waals surface area contributed by atoms with Gasteiger partial charge in [0.1, 0.15) is 0 Å². The van der Waals surface area contributed by atoms with Gasteiger partial charge in [0.25, 0.3) is 0 Å².